The van der Waals surface area contributed by atoms with Crippen molar-refractivity contribution in [1.29, 1.82) is 0 Å². The molecule has 1 aliphatic heterocycles. The Morgan fingerprint density at radius 1 is 0.281 bits per heavy atom. The lowest BCUT2D eigenvalue weighted by Crippen LogP contribution is -2.09. The summed E-state index contributed by atoms with van der Waals surface area (Å²) in [6, 6.07) is 75.2. The lowest BCUT2D eigenvalue weighted by Gasteiger charge is -2.26. The Bertz CT molecular complexity index is 3130. The van der Waals surface area contributed by atoms with Gasteiger partial charge in [-0.3, -0.25) is 0 Å². The number of rotatable bonds is 6. The molecule has 10 aromatic carbocycles. The summed E-state index contributed by atoms with van der Waals surface area (Å²) in [5.41, 5.74) is 10.1. The van der Waals surface area contributed by atoms with E-state index >= 15 is 0 Å². The molecule has 11 rings (SSSR count). The van der Waals surface area contributed by atoms with Crippen molar-refractivity contribution in [2.45, 2.75) is 0 Å². The number of hydrogen-bond donors (Lipinski definition) is 0. The second-order valence-corrected chi connectivity index (χ2v) is 14.5. The van der Waals surface area contributed by atoms with Crippen molar-refractivity contribution in [3.05, 3.63) is 212 Å². The van der Waals surface area contributed by atoms with Crippen molar-refractivity contribution in [2.24, 2.45) is 0 Å². The quantitative estimate of drug-likeness (QED) is 0.159. The van der Waals surface area contributed by atoms with Crippen molar-refractivity contribution < 1.29 is 9.47 Å². The number of nitrogens with zero attached hydrogens (tertiary/aromatic N) is 1. The lowest BCUT2D eigenvalue weighted by atomic mass is 9.93. The van der Waals surface area contributed by atoms with Crippen molar-refractivity contribution in [3.63, 3.8) is 0 Å². The van der Waals surface area contributed by atoms with E-state index in [0.29, 0.717) is 11.5 Å². The highest BCUT2D eigenvalue weighted by Gasteiger charge is 2.20. The number of benzene rings is 10. The van der Waals surface area contributed by atoms with Gasteiger partial charge in [-0.15, -0.1) is 0 Å². The Labute approximate surface area is 331 Å². The van der Waals surface area contributed by atoms with Crippen LogP contribution in [-0.4, -0.2) is 0 Å². The van der Waals surface area contributed by atoms with Gasteiger partial charge < -0.3 is 14.4 Å². The first-order valence-corrected chi connectivity index (χ1v) is 19.3. The zero-order chi connectivity index (χ0) is 37.7. The van der Waals surface area contributed by atoms with E-state index in [9.17, 15) is 0 Å². The van der Waals surface area contributed by atoms with Gasteiger partial charge in [0.05, 0.1) is 5.39 Å². The number of para-hydroxylation sites is 1. The lowest BCUT2D eigenvalue weighted by molar-refractivity contribution is 0.439. The van der Waals surface area contributed by atoms with E-state index in [1.165, 1.54) is 32.7 Å². The summed E-state index contributed by atoms with van der Waals surface area (Å²) in [6.07, 6.45) is 0. The highest BCUT2D eigenvalue weighted by Crippen LogP contribution is 2.47. The fourth-order valence-electron chi connectivity index (χ4n) is 8.34. The second-order valence-electron chi connectivity index (χ2n) is 14.5. The van der Waals surface area contributed by atoms with Crippen LogP contribution in [0.25, 0.3) is 65.7 Å². The number of hydrogen-bond acceptors (Lipinski definition) is 3. The third-order valence-electron chi connectivity index (χ3n) is 11.1. The number of fused-ring (bicyclic) bond motifs is 4. The molecule has 0 saturated heterocycles. The van der Waals surface area contributed by atoms with Crippen LogP contribution in [0.5, 0.6) is 23.0 Å². The van der Waals surface area contributed by atoms with Crippen LogP contribution in [0.3, 0.4) is 0 Å². The molecule has 0 saturated carbocycles. The Balaban J connectivity index is 0.943. The predicted octanol–water partition coefficient (Wildman–Crippen LogP) is 15.5. The minimum atomic E-state index is 0.696. The predicted molar refractivity (Wildman–Crippen MR) is 237 cm³/mol. The summed E-state index contributed by atoms with van der Waals surface area (Å²) in [4.78, 5) is 2.33. The highest BCUT2D eigenvalue weighted by molar-refractivity contribution is 6.13. The van der Waals surface area contributed by atoms with Gasteiger partial charge in [-0.25, -0.2) is 0 Å². The molecular weight excluding hydrogens is 695 g/mol. The SMILES string of the molecule is c1ccc(N(c2ccc(-c3cc4ccccc4c4ccccc34)cc2)c2cccc(-c3cccc(-c4ccc5c(c4)Oc4cccc6cccc(c46)O5)c3)c2)cc1. The van der Waals surface area contributed by atoms with Crippen molar-refractivity contribution in [2.75, 3.05) is 4.90 Å². The Morgan fingerprint density at radius 3 is 1.60 bits per heavy atom. The fraction of sp³-hybridized carbons (Fsp3) is 0. The van der Waals surface area contributed by atoms with E-state index in [1.54, 1.807) is 0 Å². The van der Waals surface area contributed by atoms with Gasteiger partial charge in [0.1, 0.15) is 11.5 Å². The van der Waals surface area contributed by atoms with Gasteiger partial charge >= 0.3 is 0 Å². The molecule has 0 amide bonds. The second kappa shape index (κ2) is 13.6. The fourth-order valence-corrected chi connectivity index (χ4v) is 8.34. The van der Waals surface area contributed by atoms with Gasteiger partial charge in [0.15, 0.2) is 11.5 Å². The van der Waals surface area contributed by atoms with Gasteiger partial charge in [-0.1, -0.05) is 140 Å². The maximum Gasteiger partial charge on any atom is 0.170 e. The molecule has 0 aromatic heterocycles. The van der Waals surface area contributed by atoms with E-state index in [1.807, 2.05) is 30.3 Å². The molecule has 0 atom stereocenters. The molecule has 3 nitrogen and oxygen atoms in total. The zero-order valence-electron chi connectivity index (χ0n) is 31.0. The summed E-state index contributed by atoms with van der Waals surface area (Å²) in [5, 5.41) is 7.13. The van der Waals surface area contributed by atoms with Crippen LogP contribution in [0.4, 0.5) is 17.1 Å². The zero-order valence-corrected chi connectivity index (χ0v) is 31.0. The summed E-state index contributed by atoms with van der Waals surface area (Å²) in [7, 11) is 0. The van der Waals surface area contributed by atoms with Crippen LogP contribution in [0, 0.1) is 0 Å². The van der Waals surface area contributed by atoms with Crippen molar-refractivity contribution >= 4 is 49.4 Å². The highest BCUT2D eigenvalue weighted by atomic mass is 16.5. The van der Waals surface area contributed by atoms with Gasteiger partial charge in [-0.05, 0) is 133 Å². The average Bonchev–Trinajstić information content (AvgIpc) is 3.44. The molecule has 0 aliphatic carbocycles. The maximum absolute atomic E-state index is 6.52. The topological polar surface area (TPSA) is 21.7 Å². The number of anilines is 3. The molecule has 0 fully saturated rings. The first-order chi connectivity index (χ1) is 28.2. The summed E-state index contributed by atoms with van der Waals surface area (Å²) in [5.74, 6) is 2.99. The molecule has 0 radical (unpaired) electrons. The smallest absolute Gasteiger partial charge is 0.170 e. The van der Waals surface area contributed by atoms with Gasteiger partial charge in [-0.2, -0.15) is 0 Å². The van der Waals surface area contributed by atoms with Crippen LogP contribution < -0.4 is 14.4 Å². The van der Waals surface area contributed by atoms with Crippen LogP contribution in [-0.2, 0) is 0 Å². The molecule has 0 N–H and O–H groups in total. The third-order valence-corrected chi connectivity index (χ3v) is 11.1. The van der Waals surface area contributed by atoms with Gasteiger partial charge in [0.2, 0.25) is 0 Å². The molecule has 3 heteroatoms. The largest absolute Gasteiger partial charge is 0.453 e. The van der Waals surface area contributed by atoms with Crippen LogP contribution in [0.2, 0.25) is 0 Å². The van der Waals surface area contributed by atoms with Gasteiger partial charge in [0, 0.05) is 17.1 Å². The molecule has 57 heavy (non-hydrogen) atoms. The standard InChI is InChI=1S/C54H35NO2/c1-2-18-43(19-3-1)55(44-29-26-36(27-30-44)49-34-42-12-4-5-21-46(42)47-22-6-7-23-48(47)49)45-20-9-17-40(33-45)38-15-8-16-39(32-38)41-28-31-50-53(35-41)57-52-25-11-14-37-13-10-24-51(56-50)54(37)52/h1-35H. The minimum absolute atomic E-state index is 0.696. The van der Waals surface area contributed by atoms with Crippen LogP contribution >= 0.6 is 0 Å². The van der Waals surface area contributed by atoms with Crippen LogP contribution in [0.15, 0.2) is 212 Å². The number of ether oxygens (including phenoxy) is 2. The molecule has 1 heterocycles. The summed E-state index contributed by atoms with van der Waals surface area (Å²) in [6.45, 7) is 0. The Hall–Kier alpha value is -7.62. The third kappa shape index (κ3) is 5.85. The van der Waals surface area contributed by atoms with Gasteiger partial charge in [0.25, 0.3) is 0 Å². The molecule has 0 bridgehead atoms. The van der Waals surface area contributed by atoms with E-state index in [0.717, 1.165) is 61.6 Å². The Kier molecular flexibility index (Phi) is 7.82. The minimum Gasteiger partial charge on any atom is -0.453 e. The van der Waals surface area contributed by atoms with E-state index in [2.05, 4.69) is 187 Å². The average molecular weight is 730 g/mol. The van der Waals surface area contributed by atoms with Crippen LogP contribution in [0.1, 0.15) is 0 Å². The molecule has 268 valence electrons. The van der Waals surface area contributed by atoms with E-state index in [4.69, 9.17) is 9.47 Å². The summed E-state index contributed by atoms with van der Waals surface area (Å²) >= 11 is 0. The van der Waals surface area contributed by atoms with Crippen molar-refractivity contribution in [3.8, 4) is 56.4 Å². The van der Waals surface area contributed by atoms with E-state index in [-0.39, 0.29) is 0 Å². The molecule has 0 spiro atoms. The molecular formula is C54H35NO2. The monoisotopic (exact) mass is 729 g/mol. The first-order valence-electron chi connectivity index (χ1n) is 19.3. The first kappa shape index (κ1) is 32.8. The van der Waals surface area contributed by atoms with E-state index < -0.39 is 0 Å². The maximum atomic E-state index is 6.52. The molecule has 0 unspecified atom stereocenters. The normalized spacial score (nSPS) is 11.8. The molecule has 1 aliphatic rings. The van der Waals surface area contributed by atoms with Crippen molar-refractivity contribution in [1.82, 2.24) is 0 Å². The Morgan fingerprint density at radius 2 is 0.825 bits per heavy atom. The summed E-state index contributed by atoms with van der Waals surface area (Å²) < 4.78 is 12.9. The molecule has 10 aromatic rings.